The van der Waals surface area contributed by atoms with Gasteiger partial charge in [-0.25, -0.2) is 0 Å². The molecule has 0 aromatic rings. The molecule has 9 heteroatoms. The van der Waals surface area contributed by atoms with Gasteiger partial charge < -0.3 is 10.5 Å². The number of carbonyl (C=O) groups excluding carboxylic acids is 1. The van der Waals surface area contributed by atoms with E-state index in [1.807, 2.05) is 0 Å². The number of hydrogen-bond acceptors (Lipinski definition) is 2. The first-order valence-electron chi connectivity index (χ1n) is 4.28. The van der Waals surface area contributed by atoms with Crippen LogP contribution in [-0.2, 0) is 9.53 Å². The highest BCUT2D eigenvalue weighted by atomic mass is 19.4. The predicted molar refractivity (Wildman–Crippen MR) is 44.9 cm³/mol. The van der Waals surface area contributed by atoms with Gasteiger partial charge in [-0.2, -0.15) is 26.3 Å². The zero-order valence-corrected chi connectivity index (χ0v) is 9.16. The topological polar surface area (TPSA) is 52.3 Å². The van der Waals surface area contributed by atoms with E-state index in [0.717, 1.165) is 20.8 Å². The number of amides is 1. The fourth-order valence-corrected chi connectivity index (χ4v) is 0.873. The summed E-state index contributed by atoms with van der Waals surface area (Å²) in [6, 6.07) is 0. The van der Waals surface area contributed by atoms with Crippen LogP contribution in [0.25, 0.3) is 0 Å². The Hall–Kier alpha value is -0.990. The highest BCUT2D eigenvalue weighted by molar-refractivity contribution is 5.83. The van der Waals surface area contributed by atoms with Crippen molar-refractivity contribution in [3.8, 4) is 0 Å². The highest BCUT2D eigenvalue weighted by Crippen LogP contribution is 2.47. The third kappa shape index (κ3) is 3.02. The quantitative estimate of drug-likeness (QED) is 0.796. The van der Waals surface area contributed by atoms with Gasteiger partial charge in [0.2, 0.25) is 0 Å². The molecule has 0 aliphatic carbocycles. The Kier molecular flexibility index (Phi) is 3.80. The lowest BCUT2D eigenvalue weighted by molar-refractivity contribution is -0.381. The van der Waals surface area contributed by atoms with Crippen LogP contribution in [-0.4, -0.2) is 29.5 Å². The molecular weight excluding hydrogens is 256 g/mol. The monoisotopic (exact) mass is 267 g/mol. The molecular formula is C8H11F6NO2. The van der Waals surface area contributed by atoms with Crippen molar-refractivity contribution in [2.45, 2.75) is 44.3 Å². The van der Waals surface area contributed by atoms with E-state index in [0.29, 0.717) is 0 Å². The lowest BCUT2D eigenvalue weighted by atomic mass is 10.1. The van der Waals surface area contributed by atoms with E-state index in [4.69, 9.17) is 0 Å². The molecule has 0 saturated heterocycles. The third-order valence-electron chi connectivity index (χ3n) is 1.52. The second kappa shape index (κ2) is 4.04. The molecule has 0 rings (SSSR count). The van der Waals surface area contributed by atoms with E-state index < -0.39 is 29.5 Å². The van der Waals surface area contributed by atoms with Gasteiger partial charge in [-0.3, -0.25) is 4.79 Å². The van der Waals surface area contributed by atoms with Gasteiger partial charge in [0.05, 0.1) is 5.60 Å². The average molecular weight is 267 g/mol. The third-order valence-corrected chi connectivity index (χ3v) is 1.52. The number of carbonyl (C=O) groups is 1. The predicted octanol–water partition coefficient (Wildman–Crippen LogP) is 2.15. The van der Waals surface area contributed by atoms with Gasteiger partial charge in [-0.1, -0.05) is 0 Å². The minimum Gasteiger partial charge on any atom is -0.364 e. The van der Waals surface area contributed by atoms with Crippen LogP contribution in [0.1, 0.15) is 20.8 Å². The van der Waals surface area contributed by atoms with Gasteiger partial charge >= 0.3 is 18.0 Å². The molecule has 102 valence electrons. The number of rotatable bonds is 3. The molecule has 1 unspecified atom stereocenters. The largest absolute Gasteiger partial charge is 0.460 e. The average Bonchev–Trinajstić information content (AvgIpc) is 1.97. The molecule has 0 aliphatic rings. The minimum atomic E-state index is -6.30. The Morgan fingerprint density at radius 1 is 1.00 bits per heavy atom. The summed E-state index contributed by atoms with van der Waals surface area (Å²) in [6.45, 7) is 2.99. The lowest BCUT2D eigenvalue weighted by Gasteiger charge is -2.36. The highest BCUT2D eigenvalue weighted by Gasteiger charge is 2.76. The fourth-order valence-electron chi connectivity index (χ4n) is 0.873. The summed E-state index contributed by atoms with van der Waals surface area (Å²) >= 11 is 0. The summed E-state index contributed by atoms with van der Waals surface area (Å²) in [4.78, 5) is 10.5. The molecule has 0 spiro atoms. The minimum absolute atomic E-state index is 0.997. The maximum Gasteiger partial charge on any atom is 0.460 e. The van der Waals surface area contributed by atoms with Crippen LogP contribution >= 0.6 is 0 Å². The number of hydrogen-bond donors (Lipinski definition) is 1. The maximum atomic E-state index is 13.5. The lowest BCUT2D eigenvalue weighted by Crippen LogP contribution is -2.64. The SMILES string of the molecule is CC(C)(C)OC(F)(C(N)=O)C(F)(F)C(F)(F)F. The van der Waals surface area contributed by atoms with Crippen molar-refractivity contribution in [1.82, 2.24) is 0 Å². The molecule has 0 aromatic heterocycles. The molecule has 0 radical (unpaired) electrons. The van der Waals surface area contributed by atoms with Crippen LogP contribution < -0.4 is 5.73 Å². The van der Waals surface area contributed by atoms with Crippen molar-refractivity contribution in [2.24, 2.45) is 5.73 Å². The van der Waals surface area contributed by atoms with Gasteiger partial charge in [0.25, 0.3) is 5.91 Å². The summed E-state index contributed by atoms with van der Waals surface area (Å²) in [7, 11) is 0. The van der Waals surface area contributed by atoms with Crippen molar-refractivity contribution in [3.05, 3.63) is 0 Å². The molecule has 2 N–H and O–H groups in total. The summed E-state index contributed by atoms with van der Waals surface area (Å²) in [5.41, 5.74) is 2.48. The van der Waals surface area contributed by atoms with E-state index in [1.54, 1.807) is 0 Å². The van der Waals surface area contributed by atoms with Gasteiger partial charge in [0.15, 0.2) is 0 Å². The van der Waals surface area contributed by atoms with Crippen molar-refractivity contribution < 1.29 is 35.9 Å². The maximum absolute atomic E-state index is 13.5. The van der Waals surface area contributed by atoms with Gasteiger partial charge in [-0.15, -0.1) is 0 Å². The van der Waals surface area contributed by atoms with Gasteiger partial charge in [0, 0.05) is 0 Å². The Labute approximate surface area is 92.9 Å². The van der Waals surface area contributed by atoms with Crippen molar-refractivity contribution >= 4 is 5.91 Å². The molecule has 0 aromatic carbocycles. The smallest absolute Gasteiger partial charge is 0.364 e. The van der Waals surface area contributed by atoms with E-state index in [9.17, 15) is 31.1 Å². The molecule has 0 aliphatic heterocycles. The van der Waals surface area contributed by atoms with E-state index in [-0.39, 0.29) is 0 Å². The summed E-state index contributed by atoms with van der Waals surface area (Å²) in [5.74, 6) is -13.5. The van der Waals surface area contributed by atoms with E-state index in [1.165, 1.54) is 0 Å². The van der Waals surface area contributed by atoms with Crippen molar-refractivity contribution in [1.29, 1.82) is 0 Å². The Balaban J connectivity index is 5.60. The fraction of sp³-hybridized carbons (Fsp3) is 0.875. The standard InChI is InChI=1S/C8H11F6NO2/c1-5(2,3)17-6(9,4(15)16)7(10,11)8(12,13)14/h1-3H3,(H2,15,16). The molecule has 1 atom stereocenters. The van der Waals surface area contributed by atoms with E-state index >= 15 is 0 Å². The van der Waals surface area contributed by atoms with Crippen LogP contribution in [0.2, 0.25) is 0 Å². The van der Waals surface area contributed by atoms with Crippen LogP contribution in [0.3, 0.4) is 0 Å². The summed E-state index contributed by atoms with van der Waals surface area (Å²) in [6.07, 6.45) is -6.30. The zero-order valence-electron chi connectivity index (χ0n) is 9.16. The Morgan fingerprint density at radius 3 is 1.53 bits per heavy atom. The van der Waals surface area contributed by atoms with E-state index in [2.05, 4.69) is 10.5 Å². The molecule has 0 saturated carbocycles. The second-order valence-corrected chi connectivity index (χ2v) is 4.25. The van der Waals surface area contributed by atoms with Crippen molar-refractivity contribution in [3.63, 3.8) is 0 Å². The number of halogens is 6. The molecule has 0 heterocycles. The zero-order chi connectivity index (χ0) is 14.3. The molecule has 0 fully saturated rings. The normalized spacial score (nSPS) is 17.7. The number of alkyl halides is 6. The Morgan fingerprint density at radius 2 is 1.35 bits per heavy atom. The van der Waals surface area contributed by atoms with Crippen LogP contribution in [0.4, 0.5) is 26.3 Å². The van der Waals surface area contributed by atoms with Crippen LogP contribution in [0.5, 0.6) is 0 Å². The second-order valence-electron chi connectivity index (χ2n) is 4.25. The van der Waals surface area contributed by atoms with Crippen LogP contribution in [0, 0.1) is 0 Å². The number of ether oxygens (including phenoxy) is 1. The summed E-state index contributed by atoms with van der Waals surface area (Å²) in [5, 5.41) is 0. The first-order valence-corrected chi connectivity index (χ1v) is 4.28. The van der Waals surface area contributed by atoms with Gasteiger partial charge in [-0.05, 0) is 20.8 Å². The molecule has 3 nitrogen and oxygen atoms in total. The van der Waals surface area contributed by atoms with Crippen molar-refractivity contribution in [2.75, 3.05) is 0 Å². The van der Waals surface area contributed by atoms with Crippen LogP contribution in [0.15, 0.2) is 0 Å². The Bertz CT molecular complexity index is 308. The molecule has 0 bridgehead atoms. The van der Waals surface area contributed by atoms with Gasteiger partial charge in [0.1, 0.15) is 0 Å². The number of nitrogens with two attached hydrogens (primary N) is 1. The summed E-state index contributed by atoms with van der Waals surface area (Å²) < 4.78 is 79.0. The number of primary amides is 1. The first-order chi connectivity index (χ1) is 7.15. The molecule has 17 heavy (non-hydrogen) atoms. The first kappa shape index (κ1) is 16.0. The molecule has 1 amide bonds.